The predicted octanol–water partition coefficient (Wildman–Crippen LogP) is 2.33. The number of benzene rings is 1. The van der Waals surface area contributed by atoms with E-state index in [4.69, 9.17) is 4.74 Å². The van der Waals surface area contributed by atoms with E-state index >= 15 is 0 Å². The van der Waals surface area contributed by atoms with E-state index in [1.807, 2.05) is 12.1 Å². The molecule has 3 aliphatic rings. The maximum atomic E-state index is 13.2. The second-order valence-electron chi connectivity index (χ2n) is 9.18. The molecule has 2 saturated heterocycles. The fourth-order valence-corrected chi connectivity index (χ4v) is 5.27. The molecule has 2 aliphatic heterocycles. The second kappa shape index (κ2) is 9.48. The fraction of sp³-hybridized carbons (Fsp3) is 0.625. The predicted molar refractivity (Wildman–Crippen MR) is 120 cm³/mol. The first-order chi connectivity index (χ1) is 15.4. The van der Waals surface area contributed by atoms with Gasteiger partial charge in [0.05, 0.1) is 7.11 Å². The van der Waals surface area contributed by atoms with Crippen LogP contribution in [-0.4, -0.2) is 89.9 Å². The third-order valence-electron chi connectivity index (χ3n) is 7.28. The van der Waals surface area contributed by atoms with Gasteiger partial charge in [-0.05, 0) is 37.0 Å². The zero-order valence-corrected chi connectivity index (χ0v) is 19.2. The van der Waals surface area contributed by atoms with E-state index in [1.165, 1.54) is 10.5 Å². The number of urea groups is 1. The molecule has 0 bridgehead atoms. The minimum atomic E-state index is -0.733. The molecular weight excluding hydrogens is 408 g/mol. The number of rotatable bonds is 5. The summed E-state index contributed by atoms with van der Waals surface area (Å²) < 4.78 is 5.22. The molecule has 0 radical (unpaired) electrons. The molecular formula is C24H34N4O4. The van der Waals surface area contributed by atoms with Gasteiger partial charge in [0.1, 0.15) is 17.8 Å². The fourth-order valence-electron chi connectivity index (χ4n) is 5.27. The minimum absolute atomic E-state index is 0.140. The summed E-state index contributed by atoms with van der Waals surface area (Å²) in [6.07, 6.45) is 5.25. The average molecular weight is 443 g/mol. The topological polar surface area (TPSA) is 73.4 Å². The van der Waals surface area contributed by atoms with Gasteiger partial charge in [-0.1, -0.05) is 31.4 Å². The first kappa shape index (κ1) is 22.6. The van der Waals surface area contributed by atoms with E-state index < -0.39 is 5.54 Å². The zero-order valence-electron chi connectivity index (χ0n) is 19.2. The maximum Gasteiger partial charge on any atom is 0.327 e. The highest BCUT2D eigenvalue weighted by Gasteiger charge is 2.56. The SMILES string of the molecule is COc1ccc(CN2CCCN(C(=O)CN3C(=O)N(C)C4(CCCCC4)C3=O)CC2)cc1. The van der Waals surface area contributed by atoms with Gasteiger partial charge in [-0.15, -0.1) is 0 Å². The van der Waals surface area contributed by atoms with Crippen LogP contribution in [0.3, 0.4) is 0 Å². The number of hydrogen-bond donors (Lipinski definition) is 0. The first-order valence-corrected chi connectivity index (χ1v) is 11.7. The number of likely N-dealkylation sites (N-methyl/N-ethyl adjacent to an activating group) is 1. The van der Waals surface area contributed by atoms with Crippen molar-refractivity contribution in [3.8, 4) is 5.75 Å². The van der Waals surface area contributed by atoms with Crippen LogP contribution in [0.1, 0.15) is 44.1 Å². The van der Waals surface area contributed by atoms with E-state index in [1.54, 1.807) is 24.0 Å². The van der Waals surface area contributed by atoms with Gasteiger partial charge in [0.2, 0.25) is 5.91 Å². The third-order valence-corrected chi connectivity index (χ3v) is 7.28. The van der Waals surface area contributed by atoms with Gasteiger partial charge in [0.25, 0.3) is 5.91 Å². The molecule has 0 atom stereocenters. The number of imide groups is 1. The van der Waals surface area contributed by atoms with Gasteiger partial charge in [0.15, 0.2) is 0 Å². The number of hydrogen-bond acceptors (Lipinski definition) is 5. The minimum Gasteiger partial charge on any atom is -0.497 e. The quantitative estimate of drug-likeness (QED) is 0.655. The summed E-state index contributed by atoms with van der Waals surface area (Å²) in [5, 5.41) is 0. The molecule has 8 nitrogen and oxygen atoms in total. The lowest BCUT2D eigenvalue weighted by molar-refractivity contribution is -0.140. The van der Waals surface area contributed by atoms with Crippen molar-refractivity contribution in [2.45, 2.75) is 50.6 Å². The normalized spacial score (nSPS) is 21.9. The van der Waals surface area contributed by atoms with Gasteiger partial charge < -0.3 is 14.5 Å². The Morgan fingerprint density at radius 2 is 1.69 bits per heavy atom. The number of carbonyl (C=O) groups excluding carboxylic acids is 3. The number of carbonyl (C=O) groups is 3. The Hall–Kier alpha value is -2.61. The molecule has 0 unspecified atom stereocenters. The molecule has 1 aromatic rings. The highest BCUT2D eigenvalue weighted by atomic mass is 16.5. The summed E-state index contributed by atoms with van der Waals surface area (Å²) >= 11 is 0. The Morgan fingerprint density at radius 1 is 0.969 bits per heavy atom. The number of amides is 4. The highest BCUT2D eigenvalue weighted by molar-refractivity contribution is 6.08. The van der Waals surface area contributed by atoms with Gasteiger partial charge >= 0.3 is 6.03 Å². The molecule has 1 aromatic carbocycles. The summed E-state index contributed by atoms with van der Waals surface area (Å²) in [5.74, 6) is 0.515. The zero-order chi connectivity index (χ0) is 22.7. The molecule has 0 N–H and O–H groups in total. The molecule has 1 spiro atoms. The summed E-state index contributed by atoms with van der Waals surface area (Å²) in [6.45, 7) is 3.60. The molecule has 4 rings (SSSR count). The molecule has 32 heavy (non-hydrogen) atoms. The third kappa shape index (κ3) is 4.33. The molecule has 174 valence electrons. The van der Waals surface area contributed by atoms with Gasteiger partial charge in [-0.2, -0.15) is 0 Å². The van der Waals surface area contributed by atoms with Crippen LogP contribution < -0.4 is 4.74 Å². The van der Waals surface area contributed by atoms with Crippen LogP contribution in [0.2, 0.25) is 0 Å². The molecule has 4 amide bonds. The van der Waals surface area contributed by atoms with Crippen molar-refractivity contribution < 1.29 is 19.1 Å². The van der Waals surface area contributed by atoms with Crippen LogP contribution in [0.4, 0.5) is 4.79 Å². The van der Waals surface area contributed by atoms with Crippen LogP contribution >= 0.6 is 0 Å². The van der Waals surface area contributed by atoms with E-state index in [0.717, 1.165) is 51.1 Å². The van der Waals surface area contributed by atoms with Crippen molar-refractivity contribution in [2.75, 3.05) is 46.9 Å². The standard InChI is InChI=1S/C24H34N4O4/c1-25-23(31)28(22(30)24(25)11-4-3-5-12-24)18-21(29)27-14-6-13-26(15-16-27)17-19-7-9-20(32-2)10-8-19/h7-10H,3-6,11-18H2,1-2H3. The number of methoxy groups -OCH3 is 1. The molecule has 2 heterocycles. The van der Waals surface area contributed by atoms with Crippen LogP contribution in [0.5, 0.6) is 5.75 Å². The van der Waals surface area contributed by atoms with Gasteiger partial charge in [-0.3, -0.25) is 19.4 Å². The van der Waals surface area contributed by atoms with Crippen molar-refractivity contribution in [3.63, 3.8) is 0 Å². The van der Waals surface area contributed by atoms with Crippen molar-refractivity contribution >= 4 is 17.8 Å². The van der Waals surface area contributed by atoms with Crippen LogP contribution in [0, 0.1) is 0 Å². The van der Waals surface area contributed by atoms with Gasteiger partial charge in [-0.25, -0.2) is 4.79 Å². The Bertz CT molecular complexity index is 850. The second-order valence-corrected chi connectivity index (χ2v) is 9.18. The van der Waals surface area contributed by atoms with Crippen molar-refractivity contribution in [1.82, 2.24) is 19.6 Å². The monoisotopic (exact) mass is 442 g/mol. The number of ether oxygens (including phenoxy) is 1. The molecule has 3 fully saturated rings. The average Bonchev–Trinajstić information content (AvgIpc) is 3.00. The largest absolute Gasteiger partial charge is 0.497 e. The lowest BCUT2D eigenvalue weighted by atomic mass is 9.81. The Morgan fingerprint density at radius 3 is 2.38 bits per heavy atom. The molecule has 0 aromatic heterocycles. The first-order valence-electron chi connectivity index (χ1n) is 11.7. The molecule has 8 heteroatoms. The van der Waals surface area contributed by atoms with Crippen LogP contribution in [0.15, 0.2) is 24.3 Å². The summed E-state index contributed by atoms with van der Waals surface area (Å²) in [7, 11) is 3.37. The van der Waals surface area contributed by atoms with Crippen LogP contribution in [0.25, 0.3) is 0 Å². The van der Waals surface area contributed by atoms with Gasteiger partial charge in [0, 0.05) is 39.8 Å². The summed E-state index contributed by atoms with van der Waals surface area (Å²) in [4.78, 5) is 45.9. The van der Waals surface area contributed by atoms with E-state index in [2.05, 4.69) is 17.0 Å². The summed E-state index contributed by atoms with van der Waals surface area (Å²) in [5.41, 5.74) is 0.475. The lowest BCUT2D eigenvalue weighted by Crippen LogP contribution is -2.49. The molecule has 1 aliphatic carbocycles. The van der Waals surface area contributed by atoms with E-state index in [-0.39, 0.29) is 24.4 Å². The smallest absolute Gasteiger partial charge is 0.327 e. The Balaban J connectivity index is 1.34. The van der Waals surface area contributed by atoms with Crippen LogP contribution in [-0.2, 0) is 16.1 Å². The number of nitrogens with zero attached hydrogens (tertiary/aromatic N) is 4. The van der Waals surface area contributed by atoms with E-state index in [0.29, 0.717) is 25.9 Å². The maximum absolute atomic E-state index is 13.2. The lowest BCUT2D eigenvalue weighted by Gasteiger charge is -2.35. The van der Waals surface area contributed by atoms with E-state index in [9.17, 15) is 14.4 Å². The Labute approximate surface area is 190 Å². The summed E-state index contributed by atoms with van der Waals surface area (Å²) in [6, 6.07) is 7.72. The van der Waals surface area contributed by atoms with Crippen molar-refractivity contribution in [2.24, 2.45) is 0 Å². The van der Waals surface area contributed by atoms with Crippen molar-refractivity contribution in [3.05, 3.63) is 29.8 Å². The van der Waals surface area contributed by atoms with Crippen molar-refractivity contribution in [1.29, 1.82) is 0 Å². The highest BCUT2D eigenvalue weighted by Crippen LogP contribution is 2.39. The Kier molecular flexibility index (Phi) is 6.69. The molecule has 1 saturated carbocycles.